The molecule has 129 valence electrons. The van der Waals surface area contributed by atoms with E-state index in [0.29, 0.717) is 0 Å². The minimum Gasteiger partial charge on any atom is -0.450 e. The molecule has 4 aromatic rings. The van der Waals surface area contributed by atoms with Gasteiger partial charge in [-0.25, -0.2) is 0 Å². The van der Waals surface area contributed by atoms with E-state index in [4.69, 9.17) is 0 Å². The van der Waals surface area contributed by atoms with Crippen molar-refractivity contribution in [3.8, 4) is 11.1 Å². The van der Waals surface area contributed by atoms with Crippen molar-refractivity contribution in [2.24, 2.45) is 0 Å². The van der Waals surface area contributed by atoms with Gasteiger partial charge in [-0.1, -0.05) is 78.3 Å². The lowest BCUT2D eigenvalue weighted by molar-refractivity contribution is 0.615. The number of para-hydroxylation sites is 1. The number of rotatable bonds is 5. The minimum atomic E-state index is 0.784. The molecule has 0 saturated heterocycles. The van der Waals surface area contributed by atoms with Gasteiger partial charge in [0.25, 0.3) is 0 Å². The Morgan fingerprint density at radius 2 is 0.926 bits per heavy atom. The van der Waals surface area contributed by atoms with Crippen LogP contribution in [0.4, 0.5) is 17.1 Å². The van der Waals surface area contributed by atoms with Crippen molar-refractivity contribution in [3.63, 3.8) is 0 Å². The van der Waals surface area contributed by atoms with Gasteiger partial charge in [-0.2, -0.15) is 0 Å². The van der Waals surface area contributed by atoms with Gasteiger partial charge in [-0.3, -0.25) is 0 Å². The highest BCUT2D eigenvalue weighted by molar-refractivity contribution is 6.45. The van der Waals surface area contributed by atoms with Gasteiger partial charge in [-0.15, -0.1) is 0 Å². The van der Waals surface area contributed by atoms with Crippen LogP contribution in [0.5, 0.6) is 0 Å². The van der Waals surface area contributed by atoms with E-state index in [-0.39, 0.29) is 0 Å². The van der Waals surface area contributed by atoms with Crippen LogP contribution in [0.15, 0.2) is 109 Å². The molecule has 0 amide bonds. The van der Waals surface area contributed by atoms with Gasteiger partial charge in [0.15, 0.2) is 0 Å². The summed E-state index contributed by atoms with van der Waals surface area (Å²) in [5, 5.41) is 9.20. The van der Waals surface area contributed by atoms with Gasteiger partial charge in [0.1, 0.15) is 0 Å². The Kier molecular flexibility index (Phi) is 5.04. The summed E-state index contributed by atoms with van der Waals surface area (Å²) in [5.74, 6) is 0. The van der Waals surface area contributed by atoms with Gasteiger partial charge in [-0.05, 0) is 47.5 Å². The maximum atomic E-state index is 9.20. The second-order valence-electron chi connectivity index (χ2n) is 6.30. The van der Waals surface area contributed by atoms with E-state index in [0.717, 1.165) is 30.0 Å². The zero-order valence-corrected chi connectivity index (χ0v) is 14.9. The molecule has 0 aliphatic heterocycles. The summed E-state index contributed by atoms with van der Waals surface area (Å²) in [7, 11) is 1.12. The first-order chi connectivity index (χ1) is 13.3. The van der Waals surface area contributed by atoms with Crippen LogP contribution >= 0.6 is 0 Å². The molecule has 3 heteroatoms. The largest absolute Gasteiger partial charge is 0.450 e. The van der Waals surface area contributed by atoms with Crippen LogP contribution in [-0.2, 0) is 0 Å². The lowest BCUT2D eigenvalue weighted by Gasteiger charge is -2.25. The first-order valence-electron chi connectivity index (χ1n) is 8.93. The maximum absolute atomic E-state index is 9.20. The summed E-state index contributed by atoms with van der Waals surface area (Å²) < 4.78 is 0. The minimum absolute atomic E-state index is 0.784. The highest BCUT2D eigenvalue weighted by atomic mass is 16.2. The monoisotopic (exact) mass is 348 g/mol. The second-order valence-corrected chi connectivity index (χ2v) is 6.30. The van der Waals surface area contributed by atoms with E-state index in [9.17, 15) is 5.02 Å². The van der Waals surface area contributed by atoms with Gasteiger partial charge in [0, 0.05) is 17.1 Å². The topological polar surface area (TPSA) is 23.5 Å². The van der Waals surface area contributed by atoms with Crippen LogP contribution < -0.4 is 10.4 Å². The van der Waals surface area contributed by atoms with Crippen molar-refractivity contribution in [1.82, 2.24) is 0 Å². The lowest BCUT2D eigenvalue weighted by atomic mass is 9.89. The zero-order valence-electron chi connectivity index (χ0n) is 14.9. The fraction of sp³-hybridized carbons (Fsp3) is 0. The summed E-state index contributed by atoms with van der Waals surface area (Å²) in [6.45, 7) is 0. The molecule has 0 aliphatic rings. The van der Waals surface area contributed by atoms with Crippen LogP contribution in [0.2, 0.25) is 0 Å². The van der Waals surface area contributed by atoms with E-state index < -0.39 is 0 Å². The summed E-state index contributed by atoms with van der Waals surface area (Å²) in [6, 6.07) is 37.1. The number of anilines is 3. The fourth-order valence-corrected chi connectivity index (χ4v) is 3.17. The fourth-order valence-electron chi connectivity index (χ4n) is 3.17. The lowest BCUT2D eigenvalue weighted by Crippen LogP contribution is -2.15. The normalized spacial score (nSPS) is 10.4. The van der Waals surface area contributed by atoms with Crippen molar-refractivity contribution >= 4 is 30.0 Å². The van der Waals surface area contributed by atoms with Crippen molar-refractivity contribution in [1.29, 1.82) is 0 Å². The molecular weight excluding hydrogens is 329 g/mol. The Morgan fingerprint density at radius 1 is 0.481 bits per heavy atom. The van der Waals surface area contributed by atoms with Gasteiger partial charge in [0.05, 0.1) is 0 Å². The molecule has 0 aliphatic carbocycles. The third-order valence-electron chi connectivity index (χ3n) is 4.55. The zero-order chi connectivity index (χ0) is 18.5. The van der Waals surface area contributed by atoms with Crippen LogP contribution in [0.3, 0.4) is 0 Å². The molecule has 1 N–H and O–H groups in total. The highest BCUT2D eigenvalue weighted by Crippen LogP contribution is 2.34. The van der Waals surface area contributed by atoms with Crippen molar-refractivity contribution < 1.29 is 5.02 Å². The van der Waals surface area contributed by atoms with Crippen LogP contribution in [-0.4, -0.2) is 12.5 Å². The predicted molar refractivity (Wildman–Crippen MR) is 114 cm³/mol. The molecule has 0 fully saturated rings. The molecule has 0 aromatic heterocycles. The second kappa shape index (κ2) is 7.94. The predicted octanol–water partition coefficient (Wildman–Crippen LogP) is 5.06. The average molecular weight is 348 g/mol. The first kappa shape index (κ1) is 17.1. The van der Waals surface area contributed by atoms with E-state index in [1.54, 1.807) is 0 Å². The van der Waals surface area contributed by atoms with Crippen molar-refractivity contribution in [2.45, 2.75) is 0 Å². The van der Waals surface area contributed by atoms with Crippen LogP contribution in [0.1, 0.15) is 0 Å². The highest BCUT2D eigenvalue weighted by Gasteiger charge is 2.12. The Balaban J connectivity index is 1.74. The molecule has 2 nitrogen and oxygen atoms in total. The SMILES string of the molecule is O[B]c1ccc(N(c2ccccc2)c2ccc(-c3ccccc3)cc2)cc1. The molecule has 1 radical (unpaired) electrons. The Labute approximate surface area is 160 Å². The number of benzene rings is 4. The summed E-state index contributed by atoms with van der Waals surface area (Å²) in [5.41, 5.74) is 6.40. The number of nitrogens with zero attached hydrogens (tertiary/aromatic N) is 1. The molecule has 4 aromatic carbocycles. The van der Waals surface area contributed by atoms with Gasteiger partial charge < -0.3 is 9.92 Å². The maximum Gasteiger partial charge on any atom is 0.326 e. The first-order valence-corrected chi connectivity index (χ1v) is 8.93. The smallest absolute Gasteiger partial charge is 0.326 e. The Morgan fingerprint density at radius 3 is 1.48 bits per heavy atom. The summed E-state index contributed by atoms with van der Waals surface area (Å²) >= 11 is 0. The van der Waals surface area contributed by atoms with Crippen LogP contribution in [0.25, 0.3) is 11.1 Å². The molecule has 0 atom stereocenters. The molecule has 4 rings (SSSR count). The molecule has 0 bridgehead atoms. The van der Waals surface area contributed by atoms with Crippen molar-refractivity contribution in [3.05, 3.63) is 109 Å². The summed E-state index contributed by atoms with van der Waals surface area (Å²) in [6.07, 6.45) is 0. The Hall–Kier alpha value is -3.30. The average Bonchev–Trinajstić information content (AvgIpc) is 2.76. The van der Waals surface area contributed by atoms with E-state index in [1.807, 2.05) is 48.5 Å². The molecule has 27 heavy (non-hydrogen) atoms. The molecule has 0 unspecified atom stereocenters. The van der Waals surface area contributed by atoms with E-state index >= 15 is 0 Å². The summed E-state index contributed by atoms with van der Waals surface area (Å²) in [4.78, 5) is 2.20. The molecule has 0 spiro atoms. The van der Waals surface area contributed by atoms with Gasteiger partial charge >= 0.3 is 7.48 Å². The van der Waals surface area contributed by atoms with Crippen LogP contribution in [0, 0.1) is 0 Å². The van der Waals surface area contributed by atoms with Crippen molar-refractivity contribution in [2.75, 3.05) is 4.90 Å². The van der Waals surface area contributed by atoms with Gasteiger partial charge in [0.2, 0.25) is 0 Å². The molecular formula is C24H19BNO. The third-order valence-corrected chi connectivity index (χ3v) is 4.55. The van der Waals surface area contributed by atoms with E-state index in [1.165, 1.54) is 11.1 Å². The Bertz CT molecular complexity index is 984. The quantitative estimate of drug-likeness (QED) is 0.510. The third kappa shape index (κ3) is 3.79. The molecule has 0 saturated carbocycles. The number of hydrogen-bond acceptors (Lipinski definition) is 2. The van der Waals surface area contributed by atoms with E-state index in [2.05, 4.69) is 65.6 Å². The number of hydrogen-bond donors (Lipinski definition) is 1. The molecule has 0 heterocycles. The standard InChI is InChI=1S/C24H19BNO/c27-25-21-13-17-24(18-14-21)26(22-9-5-2-6-10-22)23-15-11-20(12-16-23)19-7-3-1-4-8-19/h1-18,27H.